The first kappa shape index (κ1) is 11.7. The summed E-state index contributed by atoms with van der Waals surface area (Å²) in [6.45, 7) is 4.39. The molecular weight excluding hydrogens is 240 g/mol. The molecule has 19 heavy (non-hydrogen) atoms. The van der Waals surface area contributed by atoms with Crippen molar-refractivity contribution in [2.45, 2.75) is 26.4 Å². The van der Waals surface area contributed by atoms with Crippen molar-refractivity contribution < 1.29 is 0 Å². The average molecular weight is 254 g/mol. The zero-order valence-corrected chi connectivity index (χ0v) is 10.7. The van der Waals surface area contributed by atoms with Gasteiger partial charge in [0.15, 0.2) is 5.69 Å². The van der Waals surface area contributed by atoms with Gasteiger partial charge < -0.3 is 4.90 Å². The highest BCUT2D eigenvalue weighted by atomic mass is 15.3. The van der Waals surface area contributed by atoms with E-state index in [1.807, 2.05) is 23.7 Å². The zero-order valence-electron chi connectivity index (χ0n) is 10.7. The average Bonchev–Trinajstić information content (AvgIpc) is 2.70. The van der Waals surface area contributed by atoms with Crippen LogP contribution in [0.2, 0.25) is 0 Å². The lowest BCUT2D eigenvalue weighted by Gasteiger charge is -2.20. The van der Waals surface area contributed by atoms with Crippen molar-refractivity contribution in [3.63, 3.8) is 0 Å². The van der Waals surface area contributed by atoms with Crippen molar-refractivity contribution in [2.75, 3.05) is 11.4 Å². The molecule has 0 saturated carbocycles. The number of hydrogen-bond acceptors (Lipinski definition) is 5. The monoisotopic (exact) mass is 254 g/mol. The van der Waals surface area contributed by atoms with Crippen molar-refractivity contribution in [1.82, 2.24) is 19.7 Å². The number of aromatic nitrogens is 4. The molecule has 2 aromatic rings. The van der Waals surface area contributed by atoms with Gasteiger partial charge in [0.2, 0.25) is 0 Å². The lowest BCUT2D eigenvalue weighted by Crippen LogP contribution is -2.23. The number of hydrogen-bond donors (Lipinski definition) is 0. The molecule has 1 aliphatic rings. The predicted molar refractivity (Wildman–Crippen MR) is 69.4 cm³/mol. The van der Waals surface area contributed by atoms with Gasteiger partial charge in [-0.3, -0.25) is 4.68 Å². The summed E-state index contributed by atoms with van der Waals surface area (Å²) in [5.74, 6) is 1.70. The molecule has 0 unspecified atom stereocenters. The molecule has 0 spiro atoms. The molecule has 0 aromatic carbocycles. The Balaban J connectivity index is 1.91. The standard InChI is InChI=1S/C13H14N6/c1-10-15-4-3-13(16-10)18-5-2-6-19-12(9-18)7-11(8-14)17-19/h3-4,7H,2,5-6,9H2,1H3. The molecule has 1 aliphatic heterocycles. The number of fused-ring (bicyclic) bond motifs is 1. The highest BCUT2D eigenvalue weighted by Gasteiger charge is 2.17. The molecule has 96 valence electrons. The summed E-state index contributed by atoms with van der Waals surface area (Å²) in [4.78, 5) is 10.8. The Kier molecular flexibility index (Phi) is 2.88. The molecular formula is C13H14N6. The first-order valence-corrected chi connectivity index (χ1v) is 6.28. The second-order valence-electron chi connectivity index (χ2n) is 4.59. The number of rotatable bonds is 1. The molecule has 3 rings (SSSR count). The number of aryl methyl sites for hydroxylation is 2. The largest absolute Gasteiger partial charge is 0.351 e. The molecule has 0 saturated heterocycles. The number of nitriles is 1. The summed E-state index contributed by atoms with van der Waals surface area (Å²) >= 11 is 0. The molecule has 0 amide bonds. The minimum absolute atomic E-state index is 0.482. The van der Waals surface area contributed by atoms with Crippen LogP contribution in [0.1, 0.15) is 23.6 Å². The van der Waals surface area contributed by atoms with Gasteiger partial charge in [-0.2, -0.15) is 10.4 Å². The summed E-state index contributed by atoms with van der Waals surface area (Å²) in [5, 5.41) is 13.2. The van der Waals surface area contributed by atoms with Crippen LogP contribution in [0.5, 0.6) is 0 Å². The van der Waals surface area contributed by atoms with E-state index in [2.05, 4.69) is 26.0 Å². The molecule has 0 fully saturated rings. The maximum absolute atomic E-state index is 8.92. The smallest absolute Gasteiger partial charge is 0.162 e. The predicted octanol–water partition coefficient (Wildman–Crippen LogP) is 1.26. The van der Waals surface area contributed by atoms with E-state index in [9.17, 15) is 0 Å². The summed E-state index contributed by atoms with van der Waals surface area (Å²) in [6.07, 6.45) is 2.77. The van der Waals surface area contributed by atoms with Crippen LogP contribution in [0, 0.1) is 18.3 Å². The third-order valence-corrected chi connectivity index (χ3v) is 3.21. The fourth-order valence-electron chi connectivity index (χ4n) is 2.33. The number of nitrogens with zero attached hydrogens (tertiary/aromatic N) is 6. The molecule has 6 heteroatoms. The van der Waals surface area contributed by atoms with E-state index >= 15 is 0 Å². The molecule has 2 aromatic heterocycles. The maximum Gasteiger partial charge on any atom is 0.162 e. The van der Waals surface area contributed by atoms with Crippen LogP contribution >= 0.6 is 0 Å². The van der Waals surface area contributed by atoms with Crippen molar-refractivity contribution in [3.05, 3.63) is 35.5 Å². The quantitative estimate of drug-likeness (QED) is 0.766. The molecule has 0 atom stereocenters. The Morgan fingerprint density at radius 3 is 3.05 bits per heavy atom. The van der Waals surface area contributed by atoms with Crippen molar-refractivity contribution in [1.29, 1.82) is 5.26 Å². The van der Waals surface area contributed by atoms with Crippen molar-refractivity contribution >= 4 is 5.82 Å². The van der Waals surface area contributed by atoms with Gasteiger partial charge >= 0.3 is 0 Å². The van der Waals surface area contributed by atoms with Crippen LogP contribution in [0.15, 0.2) is 18.3 Å². The minimum Gasteiger partial charge on any atom is -0.351 e. The Morgan fingerprint density at radius 2 is 2.26 bits per heavy atom. The first-order valence-electron chi connectivity index (χ1n) is 6.28. The van der Waals surface area contributed by atoms with Gasteiger partial charge in [-0.1, -0.05) is 0 Å². The fourth-order valence-corrected chi connectivity index (χ4v) is 2.33. The highest BCUT2D eigenvalue weighted by molar-refractivity contribution is 5.39. The fraction of sp³-hybridized carbons (Fsp3) is 0.385. The van der Waals surface area contributed by atoms with Gasteiger partial charge in [0.25, 0.3) is 0 Å². The van der Waals surface area contributed by atoms with E-state index in [0.29, 0.717) is 5.69 Å². The van der Waals surface area contributed by atoms with Crippen molar-refractivity contribution in [2.24, 2.45) is 0 Å². The minimum atomic E-state index is 0.482. The van der Waals surface area contributed by atoms with E-state index in [1.165, 1.54) is 0 Å². The van der Waals surface area contributed by atoms with Gasteiger partial charge in [-0.15, -0.1) is 0 Å². The Morgan fingerprint density at radius 1 is 1.37 bits per heavy atom. The van der Waals surface area contributed by atoms with Crippen LogP contribution in [-0.4, -0.2) is 26.3 Å². The van der Waals surface area contributed by atoms with E-state index in [1.54, 1.807) is 6.20 Å². The van der Waals surface area contributed by atoms with E-state index in [0.717, 1.165) is 43.4 Å². The Labute approximate surface area is 111 Å². The lowest BCUT2D eigenvalue weighted by atomic mass is 10.3. The topological polar surface area (TPSA) is 70.6 Å². The van der Waals surface area contributed by atoms with E-state index in [-0.39, 0.29) is 0 Å². The normalized spacial score (nSPS) is 14.6. The SMILES string of the molecule is Cc1nccc(N2CCCn3nc(C#N)cc3C2)n1. The van der Waals surface area contributed by atoms with E-state index < -0.39 is 0 Å². The maximum atomic E-state index is 8.92. The molecule has 3 heterocycles. The highest BCUT2D eigenvalue weighted by Crippen LogP contribution is 2.19. The molecule has 0 radical (unpaired) electrons. The van der Waals surface area contributed by atoms with Crippen LogP contribution < -0.4 is 4.90 Å². The van der Waals surface area contributed by atoms with Crippen LogP contribution in [0.3, 0.4) is 0 Å². The zero-order chi connectivity index (χ0) is 13.2. The molecule has 0 aliphatic carbocycles. The van der Waals surface area contributed by atoms with Crippen LogP contribution in [0.4, 0.5) is 5.82 Å². The summed E-state index contributed by atoms with van der Waals surface area (Å²) in [6, 6.07) is 5.87. The second kappa shape index (κ2) is 4.69. The molecule has 6 nitrogen and oxygen atoms in total. The summed E-state index contributed by atoms with van der Waals surface area (Å²) in [5.41, 5.74) is 1.54. The van der Waals surface area contributed by atoms with Crippen LogP contribution in [0.25, 0.3) is 0 Å². The lowest BCUT2D eigenvalue weighted by molar-refractivity contribution is 0.589. The van der Waals surface area contributed by atoms with Crippen LogP contribution in [-0.2, 0) is 13.1 Å². The molecule has 0 bridgehead atoms. The summed E-state index contributed by atoms with van der Waals surface area (Å²) < 4.78 is 1.92. The van der Waals surface area contributed by atoms with Gasteiger partial charge in [-0.25, -0.2) is 9.97 Å². The second-order valence-corrected chi connectivity index (χ2v) is 4.59. The third kappa shape index (κ3) is 2.27. The third-order valence-electron chi connectivity index (χ3n) is 3.21. The van der Waals surface area contributed by atoms with Gasteiger partial charge in [0.05, 0.1) is 12.2 Å². The number of anilines is 1. The Bertz CT molecular complexity index is 639. The Hall–Kier alpha value is -2.42. The van der Waals surface area contributed by atoms with Gasteiger partial charge in [0, 0.05) is 19.3 Å². The summed E-state index contributed by atoms with van der Waals surface area (Å²) in [7, 11) is 0. The van der Waals surface area contributed by atoms with Crippen molar-refractivity contribution in [3.8, 4) is 6.07 Å². The van der Waals surface area contributed by atoms with Gasteiger partial charge in [0.1, 0.15) is 17.7 Å². The van der Waals surface area contributed by atoms with Gasteiger partial charge in [-0.05, 0) is 25.5 Å². The first-order chi connectivity index (χ1) is 9.26. The molecule has 0 N–H and O–H groups in total. The van der Waals surface area contributed by atoms with E-state index in [4.69, 9.17) is 5.26 Å².